The van der Waals surface area contributed by atoms with Crippen LogP contribution >= 0.6 is 0 Å². The Morgan fingerprint density at radius 1 is 1.18 bits per heavy atom. The molecule has 2 aromatic rings. The van der Waals surface area contributed by atoms with E-state index in [4.69, 9.17) is 4.74 Å². The number of hydrogen-bond donors (Lipinski definition) is 0. The first-order chi connectivity index (χ1) is 10.8. The number of hydrogen-bond acceptors (Lipinski definition) is 5. The van der Waals surface area contributed by atoms with E-state index in [1.807, 2.05) is 30.7 Å². The Kier molecular flexibility index (Phi) is 3.42. The summed E-state index contributed by atoms with van der Waals surface area (Å²) in [5.74, 6) is 0.676. The van der Waals surface area contributed by atoms with Gasteiger partial charge in [-0.2, -0.15) is 0 Å². The molecule has 0 amide bonds. The molecule has 0 spiro atoms. The Morgan fingerprint density at radius 2 is 2.05 bits per heavy atom. The van der Waals surface area contributed by atoms with Crippen LogP contribution in [0.2, 0.25) is 0 Å². The summed E-state index contributed by atoms with van der Waals surface area (Å²) < 4.78 is 5.11. The van der Waals surface area contributed by atoms with Crippen molar-refractivity contribution < 1.29 is 4.74 Å². The predicted molar refractivity (Wildman–Crippen MR) is 85.0 cm³/mol. The second-order valence-electron chi connectivity index (χ2n) is 6.04. The maximum atomic E-state index is 5.11. The van der Waals surface area contributed by atoms with Gasteiger partial charge in [-0.15, -0.1) is 0 Å². The molecule has 3 fully saturated rings. The average molecular weight is 296 g/mol. The van der Waals surface area contributed by atoms with Crippen molar-refractivity contribution in [2.75, 3.05) is 25.1 Å². The van der Waals surface area contributed by atoms with Crippen molar-refractivity contribution in [1.82, 2.24) is 14.9 Å². The average Bonchev–Trinajstić information content (AvgIpc) is 2.61. The van der Waals surface area contributed by atoms with Gasteiger partial charge in [0.2, 0.25) is 5.88 Å². The molecule has 5 nitrogen and oxygen atoms in total. The Balaban J connectivity index is 1.40. The second-order valence-corrected chi connectivity index (χ2v) is 6.04. The van der Waals surface area contributed by atoms with Crippen LogP contribution in [0.4, 0.5) is 5.69 Å². The smallest absolute Gasteiger partial charge is 0.212 e. The first kappa shape index (κ1) is 13.5. The maximum Gasteiger partial charge on any atom is 0.212 e. The summed E-state index contributed by atoms with van der Waals surface area (Å²) in [7, 11) is 1.65. The van der Waals surface area contributed by atoms with E-state index >= 15 is 0 Å². The lowest BCUT2D eigenvalue weighted by atomic mass is 9.86. The minimum Gasteiger partial charge on any atom is -0.481 e. The van der Waals surface area contributed by atoms with Crippen molar-refractivity contribution in [3.63, 3.8) is 0 Å². The van der Waals surface area contributed by atoms with Gasteiger partial charge in [0.1, 0.15) is 0 Å². The number of fused-ring (bicyclic) bond motifs is 2. The lowest BCUT2D eigenvalue weighted by Gasteiger charge is -2.57. The largest absolute Gasteiger partial charge is 0.481 e. The van der Waals surface area contributed by atoms with Crippen molar-refractivity contribution in [3.05, 3.63) is 48.4 Å². The fourth-order valence-corrected chi connectivity index (χ4v) is 3.53. The van der Waals surface area contributed by atoms with E-state index in [0.717, 1.165) is 19.6 Å². The van der Waals surface area contributed by atoms with Crippen LogP contribution in [0, 0.1) is 0 Å². The first-order valence-corrected chi connectivity index (χ1v) is 7.73. The Hall–Kier alpha value is -2.14. The van der Waals surface area contributed by atoms with E-state index in [-0.39, 0.29) is 0 Å². The highest BCUT2D eigenvalue weighted by Crippen LogP contribution is 2.35. The summed E-state index contributed by atoms with van der Waals surface area (Å²) in [6.45, 7) is 3.16. The van der Waals surface area contributed by atoms with Crippen molar-refractivity contribution in [1.29, 1.82) is 0 Å². The predicted octanol–water partition coefficient (Wildman–Crippen LogP) is 1.95. The third-order valence-corrected chi connectivity index (χ3v) is 4.73. The molecule has 0 radical (unpaired) electrons. The molecule has 5 rings (SSSR count). The molecule has 0 saturated carbocycles. The zero-order valence-corrected chi connectivity index (χ0v) is 12.7. The lowest BCUT2D eigenvalue weighted by molar-refractivity contribution is -0.00853. The van der Waals surface area contributed by atoms with Gasteiger partial charge in [-0.3, -0.25) is 9.88 Å². The molecule has 114 valence electrons. The number of pyridine rings is 2. The monoisotopic (exact) mass is 296 g/mol. The van der Waals surface area contributed by atoms with Gasteiger partial charge in [0.25, 0.3) is 0 Å². The number of methoxy groups -OCH3 is 1. The molecule has 3 saturated heterocycles. The third kappa shape index (κ3) is 2.41. The summed E-state index contributed by atoms with van der Waals surface area (Å²) in [5.41, 5.74) is 2.49. The van der Waals surface area contributed by atoms with Gasteiger partial charge in [0.05, 0.1) is 19.0 Å². The SMILES string of the molecule is COc1ccc(CN2C3CC2CN(c2cccnc2)C3)cn1. The van der Waals surface area contributed by atoms with E-state index in [1.54, 1.807) is 7.11 Å². The van der Waals surface area contributed by atoms with E-state index in [0.29, 0.717) is 18.0 Å². The number of rotatable bonds is 4. The topological polar surface area (TPSA) is 41.5 Å². The van der Waals surface area contributed by atoms with Gasteiger partial charge in [-0.05, 0) is 24.1 Å². The molecule has 2 unspecified atom stereocenters. The van der Waals surface area contributed by atoms with Crippen LogP contribution in [-0.2, 0) is 6.54 Å². The fourth-order valence-electron chi connectivity index (χ4n) is 3.53. The zero-order valence-electron chi connectivity index (χ0n) is 12.7. The number of nitrogens with zero attached hydrogens (tertiary/aromatic N) is 4. The molecular formula is C17H20N4O. The van der Waals surface area contributed by atoms with Gasteiger partial charge in [0.15, 0.2) is 0 Å². The lowest BCUT2D eigenvalue weighted by Crippen LogP contribution is -2.68. The third-order valence-electron chi connectivity index (χ3n) is 4.73. The van der Waals surface area contributed by atoms with Gasteiger partial charge >= 0.3 is 0 Å². The van der Waals surface area contributed by atoms with Crippen molar-refractivity contribution >= 4 is 5.69 Å². The van der Waals surface area contributed by atoms with Crippen LogP contribution in [-0.4, -0.2) is 47.2 Å². The molecule has 0 aliphatic carbocycles. The molecule has 22 heavy (non-hydrogen) atoms. The second kappa shape index (κ2) is 5.57. The quantitative estimate of drug-likeness (QED) is 0.862. The molecule has 5 heterocycles. The fraction of sp³-hybridized carbons (Fsp3) is 0.412. The van der Waals surface area contributed by atoms with Crippen LogP contribution in [0.3, 0.4) is 0 Å². The minimum absolute atomic E-state index is 0.640. The highest BCUT2D eigenvalue weighted by molar-refractivity contribution is 5.45. The van der Waals surface area contributed by atoms with Gasteiger partial charge in [-0.1, -0.05) is 6.07 Å². The van der Waals surface area contributed by atoms with Gasteiger partial charge in [-0.25, -0.2) is 4.98 Å². The molecule has 2 atom stereocenters. The van der Waals surface area contributed by atoms with Crippen LogP contribution in [0.25, 0.3) is 0 Å². The highest BCUT2D eigenvalue weighted by Gasteiger charge is 2.44. The highest BCUT2D eigenvalue weighted by atomic mass is 16.5. The van der Waals surface area contributed by atoms with Gasteiger partial charge in [0, 0.05) is 50.2 Å². The Labute approximate surface area is 130 Å². The summed E-state index contributed by atoms with van der Waals surface area (Å²) in [6, 6.07) is 9.49. The summed E-state index contributed by atoms with van der Waals surface area (Å²) in [6.07, 6.45) is 7.02. The van der Waals surface area contributed by atoms with Crippen LogP contribution < -0.4 is 9.64 Å². The minimum atomic E-state index is 0.640. The molecule has 2 aromatic heterocycles. The molecule has 2 bridgehead atoms. The number of ether oxygens (including phenoxy) is 1. The number of aromatic nitrogens is 2. The molecule has 0 aromatic carbocycles. The summed E-state index contributed by atoms with van der Waals surface area (Å²) in [4.78, 5) is 13.6. The molecule has 0 N–H and O–H groups in total. The Morgan fingerprint density at radius 3 is 2.68 bits per heavy atom. The number of anilines is 1. The number of piperidine rings is 1. The molecule has 3 aliphatic heterocycles. The standard InChI is InChI=1S/C17H20N4O/c1-22-17-5-4-13(8-19-17)10-21-15-7-16(21)12-20(11-15)14-3-2-6-18-9-14/h2-6,8-9,15-16H,7,10-12H2,1H3. The van der Waals surface area contributed by atoms with Crippen molar-refractivity contribution in [2.45, 2.75) is 25.0 Å². The Bertz CT molecular complexity index is 619. The molecule has 5 heteroatoms. The zero-order chi connectivity index (χ0) is 14.9. The van der Waals surface area contributed by atoms with E-state index in [1.165, 1.54) is 17.7 Å². The summed E-state index contributed by atoms with van der Waals surface area (Å²) in [5, 5.41) is 0. The van der Waals surface area contributed by atoms with Crippen LogP contribution in [0.15, 0.2) is 42.9 Å². The maximum absolute atomic E-state index is 5.11. The van der Waals surface area contributed by atoms with Crippen LogP contribution in [0.5, 0.6) is 5.88 Å². The summed E-state index contributed by atoms with van der Waals surface area (Å²) >= 11 is 0. The van der Waals surface area contributed by atoms with E-state index in [2.05, 4.69) is 31.9 Å². The normalized spacial score (nSPS) is 24.0. The van der Waals surface area contributed by atoms with Crippen molar-refractivity contribution in [3.8, 4) is 5.88 Å². The van der Waals surface area contributed by atoms with E-state index in [9.17, 15) is 0 Å². The number of piperazine rings is 1. The van der Waals surface area contributed by atoms with Crippen molar-refractivity contribution in [2.24, 2.45) is 0 Å². The molecular weight excluding hydrogens is 276 g/mol. The van der Waals surface area contributed by atoms with Crippen LogP contribution in [0.1, 0.15) is 12.0 Å². The van der Waals surface area contributed by atoms with Gasteiger partial charge < -0.3 is 9.64 Å². The first-order valence-electron chi connectivity index (χ1n) is 7.73. The van der Waals surface area contributed by atoms with E-state index < -0.39 is 0 Å². The molecule has 3 aliphatic rings.